The summed E-state index contributed by atoms with van der Waals surface area (Å²) < 4.78 is 16.1. The maximum Gasteiger partial charge on any atom is 0.405 e. The van der Waals surface area contributed by atoms with Gasteiger partial charge in [-0.15, -0.1) is 0 Å². The van der Waals surface area contributed by atoms with E-state index in [0.717, 1.165) is 24.9 Å². The highest BCUT2D eigenvalue weighted by atomic mass is 28.4. The Morgan fingerprint density at radius 3 is 2.41 bits per heavy atom. The zero-order chi connectivity index (χ0) is 12.6. The van der Waals surface area contributed by atoms with Crippen LogP contribution in [0.15, 0.2) is 0 Å². The van der Waals surface area contributed by atoms with Gasteiger partial charge in [-0.2, -0.15) is 0 Å². The largest absolute Gasteiger partial charge is 0.405 e. The molecule has 0 atom stereocenters. The highest BCUT2D eigenvalue weighted by molar-refractivity contribution is 6.91. The molecule has 0 bridgehead atoms. The summed E-state index contributed by atoms with van der Waals surface area (Å²) in [5.41, 5.74) is 0. The maximum absolute atomic E-state index is 10.9. The van der Waals surface area contributed by atoms with Crippen LogP contribution in [0, 0.1) is 5.92 Å². The van der Waals surface area contributed by atoms with Crippen molar-refractivity contribution in [3.8, 4) is 0 Å². The van der Waals surface area contributed by atoms with Crippen LogP contribution in [0.3, 0.4) is 0 Å². The molecule has 1 saturated carbocycles. The molecule has 0 aliphatic heterocycles. The molecule has 0 amide bonds. The summed E-state index contributed by atoms with van der Waals surface area (Å²) in [7, 11) is 0.531. The topological polar surface area (TPSA) is 44.8 Å². The van der Waals surface area contributed by atoms with Crippen LogP contribution in [-0.4, -0.2) is 41.9 Å². The van der Waals surface area contributed by atoms with Crippen LogP contribution in [0.4, 0.5) is 0 Å². The molecule has 0 aromatic carbocycles. The zero-order valence-corrected chi connectivity index (χ0v) is 11.9. The van der Waals surface area contributed by atoms with E-state index in [1.807, 2.05) is 0 Å². The summed E-state index contributed by atoms with van der Waals surface area (Å²) in [6.45, 7) is 1.57. The number of ether oxygens (including phenoxy) is 1. The Labute approximate surface area is 105 Å². The van der Waals surface area contributed by atoms with Crippen molar-refractivity contribution in [2.75, 3.05) is 27.4 Å². The average Bonchev–Trinajstić information content (AvgIpc) is 2.88. The Morgan fingerprint density at radius 2 is 1.88 bits per heavy atom. The summed E-state index contributed by atoms with van der Waals surface area (Å²) in [6, 6.07) is 0.675. The summed E-state index contributed by atoms with van der Waals surface area (Å²) in [6.07, 6.45) is 6.15. The van der Waals surface area contributed by atoms with E-state index < -0.39 is 8.56 Å². The molecule has 1 aliphatic carbocycles. The van der Waals surface area contributed by atoms with Gasteiger partial charge in [-0.25, -0.2) is 0 Å². The molecule has 1 fully saturated rings. The molecule has 5 heteroatoms. The molecule has 0 aromatic heterocycles. The molecule has 0 heterocycles. The molecule has 0 N–H and O–H groups in total. The van der Waals surface area contributed by atoms with E-state index in [1.54, 1.807) is 14.2 Å². The summed E-state index contributed by atoms with van der Waals surface area (Å²) >= 11 is 0. The smallest absolute Gasteiger partial charge is 0.393 e. The van der Waals surface area contributed by atoms with E-state index >= 15 is 0 Å². The van der Waals surface area contributed by atoms with Crippen LogP contribution in [0.25, 0.3) is 0 Å². The molecule has 0 spiro atoms. The molecule has 1 rings (SSSR count). The molecule has 0 unspecified atom stereocenters. The van der Waals surface area contributed by atoms with Crippen LogP contribution in [0.1, 0.15) is 32.1 Å². The van der Waals surface area contributed by atoms with Gasteiger partial charge >= 0.3 is 8.56 Å². The van der Waals surface area contributed by atoms with E-state index in [9.17, 15) is 4.79 Å². The van der Waals surface area contributed by atoms with E-state index in [4.69, 9.17) is 13.6 Å². The molecular weight excluding hydrogens is 236 g/mol. The third-order valence-electron chi connectivity index (χ3n) is 3.51. The zero-order valence-electron chi connectivity index (χ0n) is 10.9. The van der Waals surface area contributed by atoms with Gasteiger partial charge in [-0.05, 0) is 31.2 Å². The molecular formula is C12H24O4Si. The quantitative estimate of drug-likeness (QED) is 0.362. The number of rotatable bonds is 9. The van der Waals surface area contributed by atoms with Gasteiger partial charge in [0, 0.05) is 27.4 Å². The van der Waals surface area contributed by atoms with Gasteiger partial charge < -0.3 is 18.4 Å². The second kappa shape index (κ2) is 7.97. The molecule has 0 aromatic rings. The van der Waals surface area contributed by atoms with E-state index in [-0.39, 0.29) is 0 Å². The van der Waals surface area contributed by atoms with E-state index in [0.29, 0.717) is 12.7 Å². The standard InChI is InChI=1S/C12H24O4Si/c1-14-17(11-13,15-2)9-5-8-16-10-12-6-3-4-7-12/h11-12H,3-10H2,1-2H3. The highest BCUT2D eigenvalue weighted by Gasteiger charge is 2.34. The fraction of sp³-hybridized carbons (Fsp3) is 0.917. The van der Waals surface area contributed by atoms with Crippen molar-refractivity contribution in [2.24, 2.45) is 5.92 Å². The fourth-order valence-corrected chi connectivity index (χ4v) is 3.81. The summed E-state index contributed by atoms with van der Waals surface area (Å²) in [4.78, 5) is 10.9. The Balaban J connectivity index is 2.07. The van der Waals surface area contributed by atoms with Crippen molar-refractivity contribution >= 4 is 14.5 Å². The van der Waals surface area contributed by atoms with Crippen molar-refractivity contribution in [1.29, 1.82) is 0 Å². The molecule has 4 nitrogen and oxygen atoms in total. The third-order valence-corrected chi connectivity index (χ3v) is 6.30. The van der Waals surface area contributed by atoms with E-state index in [2.05, 4.69) is 0 Å². The Bertz CT molecular complexity index is 213. The number of hydrogen-bond donors (Lipinski definition) is 0. The normalized spacial score (nSPS) is 17.5. The highest BCUT2D eigenvalue weighted by Crippen LogP contribution is 2.24. The van der Waals surface area contributed by atoms with Crippen molar-refractivity contribution in [1.82, 2.24) is 0 Å². The van der Waals surface area contributed by atoms with Crippen LogP contribution < -0.4 is 0 Å². The van der Waals surface area contributed by atoms with Crippen LogP contribution in [0.2, 0.25) is 6.04 Å². The second-order valence-electron chi connectivity index (χ2n) is 4.67. The lowest BCUT2D eigenvalue weighted by Gasteiger charge is -2.20. The lowest BCUT2D eigenvalue weighted by molar-refractivity contribution is 0.100. The molecule has 17 heavy (non-hydrogen) atoms. The fourth-order valence-electron chi connectivity index (χ4n) is 2.29. The first kappa shape index (κ1) is 14.8. The van der Waals surface area contributed by atoms with Gasteiger partial charge in [0.1, 0.15) is 0 Å². The number of carbonyl (C=O) groups excluding carboxylic acids is 1. The minimum Gasteiger partial charge on any atom is -0.393 e. The molecule has 0 radical (unpaired) electrons. The SMILES string of the molecule is CO[Si](C=O)(CCCOCC1CCCC1)OC. The second-order valence-corrected chi connectivity index (χ2v) is 7.84. The Kier molecular flexibility index (Phi) is 6.95. The van der Waals surface area contributed by atoms with Gasteiger partial charge in [0.25, 0.3) is 0 Å². The summed E-state index contributed by atoms with van der Waals surface area (Å²) in [5.74, 6) is 1.61. The lowest BCUT2D eigenvalue weighted by Crippen LogP contribution is -2.42. The molecule has 1 aliphatic rings. The van der Waals surface area contributed by atoms with Crippen molar-refractivity contribution < 1.29 is 18.4 Å². The molecule has 0 saturated heterocycles. The number of carbonyl (C=O) groups is 1. The van der Waals surface area contributed by atoms with Crippen LogP contribution in [0.5, 0.6) is 0 Å². The van der Waals surface area contributed by atoms with Crippen molar-refractivity contribution in [3.05, 3.63) is 0 Å². The van der Waals surface area contributed by atoms with Crippen LogP contribution in [-0.2, 0) is 18.4 Å². The van der Waals surface area contributed by atoms with Crippen LogP contribution >= 0.6 is 0 Å². The maximum atomic E-state index is 10.9. The van der Waals surface area contributed by atoms with Gasteiger partial charge in [-0.3, -0.25) is 0 Å². The Hall–Kier alpha value is -0.233. The predicted octanol–water partition coefficient (Wildman–Crippen LogP) is 2.09. The summed E-state index contributed by atoms with van der Waals surface area (Å²) in [5, 5.41) is 0. The monoisotopic (exact) mass is 260 g/mol. The van der Waals surface area contributed by atoms with Gasteiger partial charge in [-0.1, -0.05) is 12.8 Å². The first-order chi connectivity index (χ1) is 8.26. The van der Waals surface area contributed by atoms with Gasteiger partial charge in [0.2, 0.25) is 0 Å². The average molecular weight is 260 g/mol. The Morgan fingerprint density at radius 1 is 1.24 bits per heavy atom. The first-order valence-corrected chi connectivity index (χ1v) is 8.51. The minimum atomic E-state index is -2.56. The van der Waals surface area contributed by atoms with Gasteiger partial charge in [0.15, 0.2) is 5.91 Å². The first-order valence-electron chi connectivity index (χ1n) is 6.40. The van der Waals surface area contributed by atoms with E-state index in [1.165, 1.54) is 25.7 Å². The van der Waals surface area contributed by atoms with Crippen molar-refractivity contribution in [2.45, 2.75) is 38.1 Å². The predicted molar refractivity (Wildman–Crippen MR) is 68.7 cm³/mol. The minimum absolute atomic E-state index is 0.675. The van der Waals surface area contributed by atoms with Crippen molar-refractivity contribution in [3.63, 3.8) is 0 Å². The third kappa shape index (κ3) is 4.87. The number of hydrogen-bond acceptors (Lipinski definition) is 4. The van der Waals surface area contributed by atoms with Gasteiger partial charge in [0.05, 0.1) is 0 Å². The lowest BCUT2D eigenvalue weighted by atomic mass is 10.1. The molecule has 100 valence electrons.